The van der Waals surface area contributed by atoms with Crippen molar-refractivity contribution in [3.63, 3.8) is 0 Å². The van der Waals surface area contributed by atoms with Crippen LogP contribution in [0.4, 0.5) is 0 Å². The van der Waals surface area contributed by atoms with Crippen molar-refractivity contribution in [3.05, 3.63) is 29.8 Å². The molecule has 2 rings (SSSR count). The molecule has 23 heavy (non-hydrogen) atoms. The first-order chi connectivity index (χ1) is 11.1. The second kappa shape index (κ2) is 9.06. The van der Waals surface area contributed by atoms with Gasteiger partial charge >= 0.3 is 0 Å². The maximum absolute atomic E-state index is 12.3. The van der Waals surface area contributed by atoms with Crippen LogP contribution < -0.4 is 10.1 Å². The van der Waals surface area contributed by atoms with Gasteiger partial charge in [-0.3, -0.25) is 9.00 Å². The number of rotatable bonds is 7. The molecule has 1 N–H and O–H groups in total. The fourth-order valence-corrected chi connectivity index (χ4v) is 4.13. The quantitative estimate of drug-likeness (QED) is 0.832. The number of ether oxygens (including phenoxy) is 1. The Morgan fingerprint density at radius 2 is 2.04 bits per heavy atom. The van der Waals surface area contributed by atoms with Crippen molar-refractivity contribution in [2.24, 2.45) is 5.92 Å². The molecule has 1 amide bonds. The maximum Gasteiger partial charge on any atom is 0.232 e. The number of carbonyl (C=O) groups is 1. The first kappa shape index (κ1) is 18.0. The highest BCUT2D eigenvalue weighted by Gasteiger charge is 2.23. The average molecular weight is 337 g/mol. The molecule has 3 atom stereocenters. The van der Waals surface area contributed by atoms with Gasteiger partial charge in [0, 0.05) is 22.4 Å². The topological polar surface area (TPSA) is 55.4 Å². The highest BCUT2D eigenvalue weighted by molar-refractivity contribution is 7.84. The summed E-state index contributed by atoms with van der Waals surface area (Å²) in [4.78, 5) is 12.1. The van der Waals surface area contributed by atoms with Crippen LogP contribution in [0, 0.1) is 5.92 Å². The zero-order valence-electron chi connectivity index (χ0n) is 14.0. The molecule has 0 aliphatic heterocycles. The molecule has 0 bridgehead atoms. The second-order valence-electron chi connectivity index (χ2n) is 6.20. The normalized spacial score (nSPS) is 22.3. The molecule has 1 saturated carbocycles. The van der Waals surface area contributed by atoms with E-state index in [0.29, 0.717) is 18.3 Å². The Balaban J connectivity index is 1.85. The minimum Gasteiger partial charge on any atom is -0.494 e. The molecule has 0 saturated heterocycles. The van der Waals surface area contributed by atoms with E-state index in [1.807, 2.05) is 31.2 Å². The second-order valence-corrected chi connectivity index (χ2v) is 7.66. The number of hydrogen-bond donors (Lipinski definition) is 1. The van der Waals surface area contributed by atoms with Gasteiger partial charge in [0.25, 0.3) is 0 Å². The predicted octanol–water partition coefficient (Wildman–Crippen LogP) is 3.03. The molecule has 1 fully saturated rings. The van der Waals surface area contributed by atoms with Crippen LogP contribution in [0.5, 0.6) is 5.75 Å². The molecule has 0 aromatic heterocycles. The van der Waals surface area contributed by atoms with E-state index in [-0.39, 0.29) is 17.7 Å². The van der Waals surface area contributed by atoms with E-state index >= 15 is 0 Å². The van der Waals surface area contributed by atoms with Gasteiger partial charge in [0.15, 0.2) is 0 Å². The summed E-state index contributed by atoms with van der Waals surface area (Å²) in [5, 5.41) is 3.06. The summed E-state index contributed by atoms with van der Waals surface area (Å²) in [6, 6.07) is 7.82. The fourth-order valence-electron chi connectivity index (χ4n) is 3.07. The van der Waals surface area contributed by atoms with Crippen LogP contribution in [-0.4, -0.2) is 28.5 Å². The Bertz CT molecular complexity index is 547. The standard InChI is InChI=1S/C18H27NO3S/c1-3-22-17-11-7-5-9-15(17)12-23(21)13-18(20)19-16-10-6-4-8-14(16)2/h5,7,9,11,14,16H,3-4,6,8,10,12-13H2,1-2H3,(H,19,20)/t14-,16-,23+/m1/s1. The van der Waals surface area contributed by atoms with Gasteiger partial charge in [0.2, 0.25) is 5.91 Å². The number of para-hydroxylation sites is 1. The van der Waals surface area contributed by atoms with Crippen molar-refractivity contribution in [1.82, 2.24) is 5.32 Å². The first-order valence-corrected chi connectivity index (χ1v) is 9.94. The van der Waals surface area contributed by atoms with Crippen LogP contribution in [0.1, 0.15) is 45.1 Å². The molecule has 128 valence electrons. The lowest BCUT2D eigenvalue weighted by Crippen LogP contribution is -2.42. The van der Waals surface area contributed by atoms with E-state index in [9.17, 15) is 9.00 Å². The van der Waals surface area contributed by atoms with Crippen molar-refractivity contribution in [2.75, 3.05) is 12.4 Å². The van der Waals surface area contributed by atoms with Crippen LogP contribution in [0.3, 0.4) is 0 Å². The fraction of sp³-hybridized carbons (Fsp3) is 0.611. The minimum atomic E-state index is -1.22. The van der Waals surface area contributed by atoms with Crippen molar-refractivity contribution < 1.29 is 13.7 Å². The molecule has 1 aromatic carbocycles. The summed E-state index contributed by atoms with van der Waals surface area (Å²) in [7, 11) is -1.22. The molecule has 1 aliphatic rings. The van der Waals surface area contributed by atoms with E-state index < -0.39 is 10.8 Å². The average Bonchev–Trinajstić information content (AvgIpc) is 2.51. The molecular formula is C18H27NO3S. The first-order valence-electron chi connectivity index (χ1n) is 8.45. The summed E-state index contributed by atoms with van der Waals surface area (Å²) in [6.07, 6.45) is 4.61. The lowest BCUT2D eigenvalue weighted by molar-refractivity contribution is -0.119. The third-order valence-electron chi connectivity index (χ3n) is 4.34. The van der Waals surface area contributed by atoms with Crippen LogP contribution in [0.25, 0.3) is 0 Å². The minimum absolute atomic E-state index is 0.0592. The van der Waals surface area contributed by atoms with Crippen molar-refractivity contribution in [3.8, 4) is 5.75 Å². The molecule has 1 aromatic rings. The predicted molar refractivity (Wildman–Crippen MR) is 93.9 cm³/mol. The van der Waals surface area contributed by atoms with Gasteiger partial charge in [-0.05, 0) is 31.7 Å². The lowest BCUT2D eigenvalue weighted by Gasteiger charge is -2.29. The highest BCUT2D eigenvalue weighted by atomic mass is 32.2. The van der Waals surface area contributed by atoms with E-state index in [4.69, 9.17) is 4.74 Å². The van der Waals surface area contributed by atoms with Crippen LogP contribution in [0.15, 0.2) is 24.3 Å². The monoisotopic (exact) mass is 337 g/mol. The number of benzene rings is 1. The highest BCUT2D eigenvalue weighted by Crippen LogP contribution is 2.24. The largest absolute Gasteiger partial charge is 0.494 e. The molecule has 0 heterocycles. The Kier molecular flexibility index (Phi) is 7.09. The Hall–Kier alpha value is -1.36. The smallest absolute Gasteiger partial charge is 0.232 e. The zero-order chi connectivity index (χ0) is 16.7. The third kappa shape index (κ3) is 5.65. The Morgan fingerprint density at radius 3 is 2.78 bits per heavy atom. The van der Waals surface area contributed by atoms with Gasteiger partial charge in [-0.15, -0.1) is 0 Å². The van der Waals surface area contributed by atoms with E-state index in [0.717, 1.165) is 24.2 Å². The van der Waals surface area contributed by atoms with Crippen LogP contribution in [-0.2, 0) is 21.3 Å². The van der Waals surface area contributed by atoms with Crippen molar-refractivity contribution in [1.29, 1.82) is 0 Å². The molecule has 0 radical (unpaired) electrons. The van der Waals surface area contributed by atoms with Gasteiger partial charge in [-0.1, -0.05) is 38.0 Å². The summed E-state index contributed by atoms with van der Waals surface area (Å²) in [6.45, 7) is 4.68. The van der Waals surface area contributed by atoms with Crippen LogP contribution >= 0.6 is 0 Å². The van der Waals surface area contributed by atoms with Gasteiger partial charge < -0.3 is 10.1 Å². The van der Waals surface area contributed by atoms with E-state index in [1.165, 1.54) is 12.8 Å². The summed E-state index contributed by atoms with van der Waals surface area (Å²) in [5.41, 5.74) is 0.895. The molecule has 1 aliphatic carbocycles. The molecule has 5 heteroatoms. The van der Waals surface area contributed by atoms with Gasteiger partial charge in [0.05, 0.1) is 12.4 Å². The Morgan fingerprint density at radius 1 is 1.30 bits per heavy atom. The van der Waals surface area contributed by atoms with Gasteiger partial charge in [-0.25, -0.2) is 0 Å². The summed E-state index contributed by atoms with van der Waals surface area (Å²) >= 11 is 0. The third-order valence-corrected chi connectivity index (χ3v) is 5.56. The van der Waals surface area contributed by atoms with Gasteiger partial charge in [0.1, 0.15) is 11.5 Å². The lowest BCUT2D eigenvalue weighted by atomic mass is 9.86. The molecule has 0 spiro atoms. The maximum atomic E-state index is 12.3. The zero-order valence-corrected chi connectivity index (χ0v) is 14.9. The van der Waals surface area contributed by atoms with Gasteiger partial charge in [-0.2, -0.15) is 0 Å². The number of carbonyl (C=O) groups excluding carboxylic acids is 1. The SMILES string of the molecule is CCOc1ccccc1C[S@](=O)CC(=O)N[C@@H]1CCCC[C@H]1C. The van der Waals surface area contributed by atoms with E-state index in [2.05, 4.69) is 12.2 Å². The number of hydrogen-bond acceptors (Lipinski definition) is 3. The van der Waals surface area contributed by atoms with Crippen LogP contribution in [0.2, 0.25) is 0 Å². The van der Waals surface area contributed by atoms with E-state index in [1.54, 1.807) is 0 Å². The molecule has 4 nitrogen and oxygen atoms in total. The molecular weight excluding hydrogens is 310 g/mol. The molecule has 0 unspecified atom stereocenters. The van der Waals surface area contributed by atoms with Crippen molar-refractivity contribution in [2.45, 2.75) is 51.3 Å². The summed E-state index contributed by atoms with van der Waals surface area (Å²) < 4.78 is 17.8. The Labute approximate surface area is 141 Å². The number of amides is 1. The number of nitrogens with one attached hydrogen (secondary N) is 1. The van der Waals surface area contributed by atoms with Crippen molar-refractivity contribution >= 4 is 16.7 Å². The summed E-state index contributed by atoms with van der Waals surface area (Å²) in [5.74, 6) is 1.58.